The maximum absolute atomic E-state index is 12.8. The quantitative estimate of drug-likeness (QED) is 0.833. The van der Waals surface area contributed by atoms with Crippen LogP contribution in [0.1, 0.15) is 46.0 Å². The minimum atomic E-state index is -0.641. The van der Waals surface area contributed by atoms with Gasteiger partial charge in [0.1, 0.15) is 5.54 Å². The Morgan fingerprint density at radius 3 is 2.53 bits per heavy atom. The highest BCUT2D eigenvalue weighted by Gasteiger charge is 2.47. The van der Waals surface area contributed by atoms with Crippen molar-refractivity contribution in [1.82, 2.24) is 10.2 Å². The molecule has 2 fully saturated rings. The molecule has 2 rings (SSSR count). The molecule has 19 heavy (non-hydrogen) atoms. The minimum Gasteiger partial charge on any atom is -0.377 e. The monoisotopic (exact) mass is 268 g/mol. The topological polar surface area (TPSA) is 58.6 Å². The van der Waals surface area contributed by atoms with E-state index in [1.54, 1.807) is 12.0 Å². The van der Waals surface area contributed by atoms with Crippen LogP contribution in [0.4, 0.5) is 0 Å². The number of carbonyl (C=O) groups excluding carboxylic acids is 2. The van der Waals surface area contributed by atoms with Crippen molar-refractivity contribution in [2.24, 2.45) is 0 Å². The molecule has 2 amide bonds. The second kappa shape index (κ2) is 5.12. The third kappa shape index (κ3) is 2.91. The van der Waals surface area contributed by atoms with E-state index in [1.807, 2.05) is 13.8 Å². The fraction of sp³-hybridized carbons (Fsp3) is 0.857. The van der Waals surface area contributed by atoms with E-state index < -0.39 is 5.54 Å². The SMILES string of the molecule is COC(C)(C)CN1CCC(=O)NC2(CCCC2)C1=O. The first-order chi connectivity index (χ1) is 8.88. The molecule has 0 aromatic carbocycles. The lowest BCUT2D eigenvalue weighted by molar-refractivity contribution is -0.141. The van der Waals surface area contributed by atoms with Crippen molar-refractivity contribution in [1.29, 1.82) is 0 Å². The summed E-state index contributed by atoms with van der Waals surface area (Å²) in [5, 5.41) is 2.97. The molecule has 1 aliphatic heterocycles. The van der Waals surface area contributed by atoms with Gasteiger partial charge in [0.05, 0.1) is 5.60 Å². The van der Waals surface area contributed by atoms with Gasteiger partial charge in [0.15, 0.2) is 0 Å². The average Bonchev–Trinajstić information content (AvgIpc) is 2.79. The molecule has 2 aliphatic rings. The van der Waals surface area contributed by atoms with Crippen LogP contribution in [-0.4, -0.2) is 48.1 Å². The van der Waals surface area contributed by atoms with Crippen molar-refractivity contribution in [3.05, 3.63) is 0 Å². The van der Waals surface area contributed by atoms with Gasteiger partial charge < -0.3 is 15.0 Å². The first-order valence-corrected chi connectivity index (χ1v) is 7.04. The fourth-order valence-electron chi connectivity index (χ4n) is 3.02. The summed E-state index contributed by atoms with van der Waals surface area (Å²) in [5.74, 6) is 0.0638. The molecule has 0 unspecified atom stereocenters. The van der Waals surface area contributed by atoms with Crippen LogP contribution in [0.2, 0.25) is 0 Å². The van der Waals surface area contributed by atoms with E-state index in [1.165, 1.54) is 0 Å². The molecule has 5 nitrogen and oxygen atoms in total. The van der Waals surface area contributed by atoms with Crippen molar-refractivity contribution in [3.63, 3.8) is 0 Å². The van der Waals surface area contributed by atoms with E-state index >= 15 is 0 Å². The number of amides is 2. The predicted molar refractivity (Wildman–Crippen MR) is 71.6 cm³/mol. The van der Waals surface area contributed by atoms with E-state index in [0.717, 1.165) is 25.7 Å². The van der Waals surface area contributed by atoms with Crippen LogP contribution in [0.25, 0.3) is 0 Å². The van der Waals surface area contributed by atoms with Gasteiger partial charge >= 0.3 is 0 Å². The number of hydrogen-bond acceptors (Lipinski definition) is 3. The lowest BCUT2D eigenvalue weighted by atomic mass is 9.95. The normalized spacial score (nSPS) is 23.6. The van der Waals surface area contributed by atoms with Crippen molar-refractivity contribution < 1.29 is 14.3 Å². The maximum atomic E-state index is 12.8. The molecule has 1 saturated heterocycles. The second-order valence-electron chi connectivity index (χ2n) is 6.28. The standard InChI is InChI=1S/C14H24N2O3/c1-13(2,19-3)10-16-9-6-11(17)15-14(12(16)18)7-4-5-8-14/h4-10H2,1-3H3,(H,15,17). The molecule has 108 valence electrons. The predicted octanol–water partition coefficient (Wildman–Crippen LogP) is 1.07. The number of rotatable bonds is 3. The maximum Gasteiger partial charge on any atom is 0.248 e. The minimum absolute atomic E-state index is 0.00651. The van der Waals surface area contributed by atoms with Gasteiger partial charge in [0.2, 0.25) is 11.8 Å². The van der Waals surface area contributed by atoms with Crippen LogP contribution in [0.5, 0.6) is 0 Å². The third-order valence-electron chi connectivity index (χ3n) is 4.27. The average molecular weight is 268 g/mol. The van der Waals surface area contributed by atoms with E-state index in [4.69, 9.17) is 4.74 Å². The summed E-state index contributed by atoms with van der Waals surface area (Å²) in [6.45, 7) is 4.93. The van der Waals surface area contributed by atoms with Gasteiger partial charge in [-0.2, -0.15) is 0 Å². The van der Waals surface area contributed by atoms with E-state index in [2.05, 4.69) is 5.32 Å². The number of hydrogen-bond donors (Lipinski definition) is 1. The van der Waals surface area contributed by atoms with Gasteiger partial charge in [-0.1, -0.05) is 12.8 Å². The van der Waals surface area contributed by atoms with E-state index in [9.17, 15) is 9.59 Å². The van der Waals surface area contributed by atoms with Crippen LogP contribution in [0.3, 0.4) is 0 Å². The Bertz CT molecular complexity index is 373. The molecule has 0 aromatic rings. The molecule has 1 N–H and O–H groups in total. The Kier molecular flexibility index (Phi) is 3.85. The zero-order valence-corrected chi connectivity index (χ0v) is 12.1. The van der Waals surface area contributed by atoms with Crippen molar-refractivity contribution in [2.45, 2.75) is 57.1 Å². The fourth-order valence-corrected chi connectivity index (χ4v) is 3.02. The molecule has 5 heteroatoms. The molecule has 0 aromatic heterocycles. The number of nitrogens with zero attached hydrogens (tertiary/aromatic N) is 1. The summed E-state index contributed by atoms with van der Waals surface area (Å²) in [6.07, 6.45) is 3.93. The van der Waals surface area contributed by atoms with Gasteiger partial charge in [0, 0.05) is 26.6 Å². The number of nitrogens with one attached hydrogen (secondary N) is 1. The number of methoxy groups -OCH3 is 1. The zero-order chi connectivity index (χ0) is 14.1. The molecule has 1 spiro atoms. The highest BCUT2D eigenvalue weighted by Crippen LogP contribution is 2.33. The van der Waals surface area contributed by atoms with Crippen molar-refractivity contribution >= 4 is 11.8 Å². The summed E-state index contributed by atoms with van der Waals surface area (Å²) >= 11 is 0. The third-order valence-corrected chi connectivity index (χ3v) is 4.27. The first-order valence-electron chi connectivity index (χ1n) is 7.04. The lowest BCUT2D eigenvalue weighted by Crippen LogP contribution is -2.57. The molecular weight excluding hydrogens is 244 g/mol. The largest absolute Gasteiger partial charge is 0.377 e. The Balaban J connectivity index is 2.19. The summed E-state index contributed by atoms with van der Waals surface area (Å²) < 4.78 is 5.41. The zero-order valence-electron chi connectivity index (χ0n) is 12.1. The number of ether oxygens (including phenoxy) is 1. The van der Waals surface area contributed by atoms with Crippen LogP contribution >= 0.6 is 0 Å². The Labute approximate surface area is 114 Å². The molecular formula is C14H24N2O3. The van der Waals surface area contributed by atoms with Crippen LogP contribution in [-0.2, 0) is 14.3 Å². The number of carbonyl (C=O) groups is 2. The Morgan fingerprint density at radius 1 is 1.32 bits per heavy atom. The van der Waals surface area contributed by atoms with Crippen LogP contribution in [0, 0.1) is 0 Å². The molecule has 1 saturated carbocycles. The van der Waals surface area contributed by atoms with Crippen molar-refractivity contribution in [2.75, 3.05) is 20.2 Å². The highest BCUT2D eigenvalue weighted by molar-refractivity contribution is 5.93. The summed E-state index contributed by atoms with van der Waals surface area (Å²) in [5.41, 5.74) is -1.03. The second-order valence-corrected chi connectivity index (χ2v) is 6.28. The first kappa shape index (κ1) is 14.3. The van der Waals surface area contributed by atoms with Gasteiger partial charge in [0.25, 0.3) is 0 Å². The van der Waals surface area contributed by atoms with E-state index in [0.29, 0.717) is 19.5 Å². The van der Waals surface area contributed by atoms with Crippen molar-refractivity contribution in [3.8, 4) is 0 Å². The Morgan fingerprint density at radius 2 is 1.95 bits per heavy atom. The summed E-state index contributed by atoms with van der Waals surface area (Å²) in [4.78, 5) is 26.4. The highest BCUT2D eigenvalue weighted by atomic mass is 16.5. The molecule has 1 heterocycles. The lowest BCUT2D eigenvalue weighted by Gasteiger charge is -2.35. The smallest absolute Gasteiger partial charge is 0.248 e. The van der Waals surface area contributed by atoms with E-state index in [-0.39, 0.29) is 17.4 Å². The van der Waals surface area contributed by atoms with Crippen LogP contribution < -0.4 is 5.32 Å². The summed E-state index contributed by atoms with van der Waals surface area (Å²) in [6, 6.07) is 0. The van der Waals surface area contributed by atoms with Gasteiger partial charge in [-0.15, -0.1) is 0 Å². The van der Waals surface area contributed by atoms with Gasteiger partial charge in [-0.25, -0.2) is 0 Å². The molecule has 1 aliphatic carbocycles. The molecule has 0 bridgehead atoms. The Hall–Kier alpha value is -1.10. The molecule has 0 radical (unpaired) electrons. The van der Waals surface area contributed by atoms with Gasteiger partial charge in [-0.05, 0) is 26.7 Å². The molecule has 0 atom stereocenters. The summed E-state index contributed by atoms with van der Waals surface area (Å²) in [7, 11) is 1.65. The van der Waals surface area contributed by atoms with Gasteiger partial charge in [-0.3, -0.25) is 9.59 Å². The van der Waals surface area contributed by atoms with Crippen LogP contribution in [0.15, 0.2) is 0 Å².